The molecule has 1 heterocycles. The molecule has 1 aromatic heterocycles. The highest BCUT2D eigenvalue weighted by Crippen LogP contribution is 2.29. The molecule has 6 heteroatoms. The zero-order valence-electron chi connectivity index (χ0n) is 13.0. The molecule has 122 valence electrons. The number of nitro benzene ring substituents is 1. The summed E-state index contributed by atoms with van der Waals surface area (Å²) in [5.74, 6) is -0.0532. The van der Waals surface area contributed by atoms with E-state index in [0.29, 0.717) is 11.3 Å². The van der Waals surface area contributed by atoms with E-state index in [1.807, 2.05) is 42.5 Å². The van der Waals surface area contributed by atoms with Crippen LogP contribution in [0, 0.1) is 10.1 Å². The number of phenols is 1. The highest BCUT2D eigenvalue weighted by molar-refractivity contribution is 6.08. The summed E-state index contributed by atoms with van der Waals surface area (Å²) in [6.45, 7) is 0. The lowest BCUT2D eigenvalue weighted by atomic mass is 10.1. The van der Waals surface area contributed by atoms with E-state index in [-0.39, 0.29) is 11.4 Å². The number of nitrogens with zero attached hydrogens (tertiary/aromatic N) is 2. The topological polar surface area (TPSA) is 91.5 Å². The lowest BCUT2D eigenvalue weighted by Gasteiger charge is -1.99. The Morgan fingerprint density at radius 3 is 2.64 bits per heavy atom. The van der Waals surface area contributed by atoms with Crippen molar-refractivity contribution in [2.24, 2.45) is 4.99 Å². The van der Waals surface area contributed by atoms with Crippen LogP contribution in [0.1, 0.15) is 5.56 Å². The maximum Gasteiger partial charge on any atom is 0.270 e. The average molecular weight is 331 g/mol. The Hall–Kier alpha value is -3.67. The number of aromatic amines is 1. The number of aromatic nitrogens is 1. The number of para-hydroxylation sites is 1. The lowest BCUT2D eigenvalue weighted by Crippen LogP contribution is -1.90. The highest BCUT2D eigenvalue weighted by Gasteiger charge is 2.09. The highest BCUT2D eigenvalue weighted by atomic mass is 16.6. The number of phenolic OH excluding ortho intramolecular Hbond substituents is 1. The molecule has 2 N–H and O–H groups in total. The fraction of sp³-hybridized carbons (Fsp3) is 0. The van der Waals surface area contributed by atoms with Gasteiger partial charge in [-0.15, -0.1) is 0 Å². The molecule has 0 unspecified atom stereocenters. The molecule has 0 spiro atoms. The largest absolute Gasteiger partial charge is 0.507 e. The van der Waals surface area contributed by atoms with E-state index in [4.69, 9.17) is 0 Å². The van der Waals surface area contributed by atoms with Gasteiger partial charge >= 0.3 is 0 Å². The van der Waals surface area contributed by atoms with Crippen molar-refractivity contribution in [3.05, 3.63) is 76.3 Å². The van der Waals surface area contributed by atoms with Crippen LogP contribution in [-0.4, -0.2) is 21.2 Å². The number of aromatic hydroxyl groups is 1. The molecule has 0 fully saturated rings. The molecule has 4 aromatic rings. The first-order valence-corrected chi connectivity index (χ1v) is 7.64. The minimum atomic E-state index is -0.505. The molecule has 0 radical (unpaired) electrons. The van der Waals surface area contributed by atoms with Gasteiger partial charge in [-0.2, -0.15) is 0 Å². The predicted octanol–water partition coefficient (Wildman–Crippen LogP) is 4.69. The van der Waals surface area contributed by atoms with Crippen molar-refractivity contribution < 1.29 is 10.0 Å². The molecule has 0 saturated heterocycles. The van der Waals surface area contributed by atoms with E-state index in [9.17, 15) is 15.2 Å². The summed E-state index contributed by atoms with van der Waals surface area (Å²) >= 11 is 0. The Morgan fingerprint density at radius 1 is 1.00 bits per heavy atom. The number of nitrogens with one attached hydrogen (secondary N) is 1. The van der Waals surface area contributed by atoms with Crippen LogP contribution in [0.5, 0.6) is 5.75 Å². The first kappa shape index (κ1) is 14.9. The van der Waals surface area contributed by atoms with Gasteiger partial charge < -0.3 is 10.1 Å². The molecule has 4 rings (SSSR count). The Labute approximate surface area is 142 Å². The third kappa shape index (κ3) is 2.70. The van der Waals surface area contributed by atoms with Crippen molar-refractivity contribution in [1.82, 2.24) is 4.98 Å². The quantitative estimate of drug-likeness (QED) is 0.324. The van der Waals surface area contributed by atoms with Gasteiger partial charge in [-0.25, -0.2) is 0 Å². The third-order valence-electron chi connectivity index (χ3n) is 4.06. The second-order valence-corrected chi connectivity index (χ2v) is 5.66. The van der Waals surface area contributed by atoms with Gasteiger partial charge in [-0.3, -0.25) is 15.1 Å². The first-order chi connectivity index (χ1) is 12.1. The number of H-pyrrole nitrogens is 1. The minimum Gasteiger partial charge on any atom is -0.507 e. The molecule has 0 saturated carbocycles. The molecule has 0 atom stereocenters. The molecule has 0 aliphatic carbocycles. The third-order valence-corrected chi connectivity index (χ3v) is 4.06. The van der Waals surface area contributed by atoms with Crippen LogP contribution in [0.25, 0.3) is 21.8 Å². The molecular weight excluding hydrogens is 318 g/mol. The van der Waals surface area contributed by atoms with Crippen LogP contribution in [0.2, 0.25) is 0 Å². The molecule has 0 amide bonds. The van der Waals surface area contributed by atoms with E-state index < -0.39 is 4.92 Å². The van der Waals surface area contributed by atoms with Crippen molar-refractivity contribution in [3.63, 3.8) is 0 Å². The second-order valence-electron chi connectivity index (χ2n) is 5.66. The van der Waals surface area contributed by atoms with Crippen molar-refractivity contribution in [3.8, 4) is 5.75 Å². The monoisotopic (exact) mass is 331 g/mol. The number of nitro groups is 1. The lowest BCUT2D eigenvalue weighted by molar-refractivity contribution is -0.384. The van der Waals surface area contributed by atoms with Crippen LogP contribution in [-0.2, 0) is 0 Å². The average Bonchev–Trinajstić information content (AvgIpc) is 2.99. The van der Waals surface area contributed by atoms with Gasteiger partial charge in [0.15, 0.2) is 0 Å². The Balaban J connectivity index is 1.75. The molecule has 0 aliphatic heterocycles. The van der Waals surface area contributed by atoms with Crippen LogP contribution >= 0.6 is 0 Å². The molecular formula is C19H13N3O3. The standard InChI is InChI=1S/C19H13N3O3/c23-19-8-6-14(22(24)25)9-12(19)11-20-13-5-7-18-16(10-13)15-3-1-2-4-17(15)21-18/h1-11,21,23H. The van der Waals surface area contributed by atoms with Crippen molar-refractivity contribution in [1.29, 1.82) is 0 Å². The normalized spacial score (nSPS) is 11.5. The summed E-state index contributed by atoms with van der Waals surface area (Å²) in [6, 6.07) is 17.6. The SMILES string of the molecule is O=[N+]([O-])c1ccc(O)c(C=Nc2ccc3[nH]c4ccccc4c3c2)c1. The summed E-state index contributed by atoms with van der Waals surface area (Å²) in [5.41, 5.74) is 2.97. The van der Waals surface area contributed by atoms with Crippen LogP contribution in [0.4, 0.5) is 11.4 Å². The number of rotatable bonds is 3. The molecule has 6 nitrogen and oxygen atoms in total. The van der Waals surface area contributed by atoms with E-state index in [1.54, 1.807) is 0 Å². The van der Waals surface area contributed by atoms with E-state index >= 15 is 0 Å². The summed E-state index contributed by atoms with van der Waals surface area (Å²) < 4.78 is 0. The van der Waals surface area contributed by atoms with E-state index in [0.717, 1.165) is 21.8 Å². The molecule has 3 aromatic carbocycles. The van der Waals surface area contributed by atoms with Crippen molar-refractivity contribution in [2.45, 2.75) is 0 Å². The Kier molecular flexibility index (Phi) is 3.43. The van der Waals surface area contributed by atoms with Gasteiger partial charge in [0.2, 0.25) is 0 Å². The summed E-state index contributed by atoms with van der Waals surface area (Å²) in [4.78, 5) is 18.0. The Bertz CT molecular complexity index is 1150. The summed E-state index contributed by atoms with van der Waals surface area (Å²) in [7, 11) is 0. The van der Waals surface area contributed by atoms with Crippen molar-refractivity contribution >= 4 is 39.4 Å². The Morgan fingerprint density at radius 2 is 1.80 bits per heavy atom. The molecule has 0 aliphatic rings. The van der Waals surface area contributed by atoms with Crippen LogP contribution in [0.15, 0.2) is 65.7 Å². The van der Waals surface area contributed by atoms with Gasteiger partial charge in [0.05, 0.1) is 10.6 Å². The van der Waals surface area contributed by atoms with Crippen LogP contribution < -0.4 is 0 Å². The van der Waals surface area contributed by atoms with Gasteiger partial charge in [-0.05, 0) is 30.3 Å². The molecule has 25 heavy (non-hydrogen) atoms. The maximum absolute atomic E-state index is 10.9. The predicted molar refractivity (Wildman–Crippen MR) is 97.8 cm³/mol. The van der Waals surface area contributed by atoms with E-state index in [2.05, 4.69) is 9.98 Å². The number of aliphatic imine (C=N–C) groups is 1. The number of hydrogen-bond acceptors (Lipinski definition) is 4. The van der Waals surface area contributed by atoms with E-state index in [1.165, 1.54) is 24.4 Å². The minimum absolute atomic E-state index is 0.0532. The van der Waals surface area contributed by atoms with Gasteiger partial charge in [0, 0.05) is 45.7 Å². The number of fused-ring (bicyclic) bond motifs is 3. The smallest absolute Gasteiger partial charge is 0.270 e. The van der Waals surface area contributed by atoms with Gasteiger partial charge in [0.25, 0.3) is 5.69 Å². The summed E-state index contributed by atoms with van der Waals surface area (Å²) in [5, 5.41) is 22.9. The summed E-state index contributed by atoms with van der Waals surface area (Å²) in [6.07, 6.45) is 1.43. The van der Waals surface area contributed by atoms with Crippen molar-refractivity contribution in [2.75, 3.05) is 0 Å². The number of hydrogen-bond donors (Lipinski definition) is 2. The van der Waals surface area contributed by atoms with Gasteiger partial charge in [-0.1, -0.05) is 18.2 Å². The maximum atomic E-state index is 10.9. The molecule has 0 bridgehead atoms. The van der Waals surface area contributed by atoms with Crippen LogP contribution in [0.3, 0.4) is 0 Å². The fourth-order valence-corrected chi connectivity index (χ4v) is 2.82. The van der Waals surface area contributed by atoms with Gasteiger partial charge in [0.1, 0.15) is 5.75 Å². The second kappa shape index (κ2) is 5.76. The number of benzene rings is 3. The number of non-ortho nitro benzene ring substituents is 1. The zero-order chi connectivity index (χ0) is 17.4. The fourth-order valence-electron chi connectivity index (χ4n) is 2.82. The first-order valence-electron chi connectivity index (χ1n) is 7.64. The zero-order valence-corrected chi connectivity index (χ0v) is 13.0.